The van der Waals surface area contributed by atoms with Gasteiger partial charge in [0.2, 0.25) is 11.8 Å². The number of methoxy groups -OCH3 is 1. The average molecular weight is 552 g/mol. The first kappa shape index (κ1) is 30.3. The van der Waals surface area contributed by atoms with E-state index in [0.29, 0.717) is 45.4 Å². The van der Waals surface area contributed by atoms with E-state index >= 15 is 0 Å². The summed E-state index contributed by atoms with van der Waals surface area (Å²) < 4.78 is 6.25. The van der Waals surface area contributed by atoms with Crippen molar-refractivity contribution in [3.8, 4) is 0 Å². The number of hydrogen-bond acceptors (Lipinski definition) is 10. The lowest BCUT2D eigenvalue weighted by Crippen LogP contribution is -2.47. The van der Waals surface area contributed by atoms with Gasteiger partial charge in [0, 0.05) is 38.6 Å². The van der Waals surface area contributed by atoms with Crippen molar-refractivity contribution >= 4 is 17.8 Å². The standard InChI is InChI=1S/C27H37N9O4/c1-20(28)26(38)32-24(27(39)40-2)11-5-8-14-31-25(37)19-36-18-23(33-34-36)17-35(15-21-9-3-6-12-29-21)16-22-10-4-7-13-30-22/h3-4,6-7,9-10,12-13,18,20,24H,5,8,11,14-17,19,28H2,1-2H3,(H,31,37)(H,32,38)/t20-,24-/m1/s1. The Morgan fingerprint density at radius 3 is 2.23 bits per heavy atom. The van der Waals surface area contributed by atoms with Crippen LogP contribution in [0.25, 0.3) is 0 Å². The predicted octanol–water partition coefficient (Wildman–Crippen LogP) is 0.562. The number of unbranched alkanes of at least 4 members (excludes halogenated alkanes) is 1. The second kappa shape index (κ2) is 16.0. The van der Waals surface area contributed by atoms with Gasteiger partial charge in [0.25, 0.3) is 0 Å². The largest absolute Gasteiger partial charge is 0.467 e. The second-order valence-electron chi connectivity index (χ2n) is 9.41. The molecule has 0 saturated carbocycles. The van der Waals surface area contributed by atoms with E-state index in [2.05, 4.69) is 35.8 Å². The highest BCUT2D eigenvalue weighted by atomic mass is 16.5. The van der Waals surface area contributed by atoms with Crippen molar-refractivity contribution in [2.75, 3.05) is 13.7 Å². The van der Waals surface area contributed by atoms with Crippen molar-refractivity contribution < 1.29 is 19.1 Å². The minimum absolute atomic E-state index is 0.0305. The van der Waals surface area contributed by atoms with Gasteiger partial charge in [0.15, 0.2) is 0 Å². The summed E-state index contributed by atoms with van der Waals surface area (Å²) in [6, 6.07) is 10.1. The third-order valence-corrected chi connectivity index (χ3v) is 5.96. The van der Waals surface area contributed by atoms with Crippen LogP contribution in [0.1, 0.15) is 43.3 Å². The molecule has 2 amide bonds. The Morgan fingerprint density at radius 1 is 1.00 bits per heavy atom. The molecule has 0 spiro atoms. The first-order chi connectivity index (χ1) is 19.3. The highest BCUT2D eigenvalue weighted by Crippen LogP contribution is 2.11. The first-order valence-electron chi connectivity index (χ1n) is 13.2. The van der Waals surface area contributed by atoms with Gasteiger partial charge in [0.1, 0.15) is 12.6 Å². The van der Waals surface area contributed by atoms with Gasteiger partial charge in [-0.2, -0.15) is 0 Å². The van der Waals surface area contributed by atoms with E-state index in [4.69, 9.17) is 10.5 Å². The number of pyridine rings is 2. The van der Waals surface area contributed by atoms with Crippen molar-refractivity contribution in [3.05, 3.63) is 72.1 Å². The number of rotatable bonds is 16. The summed E-state index contributed by atoms with van der Waals surface area (Å²) in [6.07, 6.45) is 6.87. The molecule has 3 rings (SSSR count). The maximum atomic E-state index is 12.4. The normalized spacial score (nSPS) is 12.5. The molecule has 0 aliphatic carbocycles. The Balaban J connectivity index is 1.45. The van der Waals surface area contributed by atoms with E-state index in [9.17, 15) is 14.4 Å². The van der Waals surface area contributed by atoms with E-state index < -0.39 is 24.0 Å². The van der Waals surface area contributed by atoms with Gasteiger partial charge in [-0.15, -0.1) is 5.10 Å². The number of carbonyl (C=O) groups excluding carboxylic acids is 3. The molecule has 13 heteroatoms. The number of nitrogens with two attached hydrogens (primary N) is 1. The Morgan fingerprint density at radius 2 is 1.65 bits per heavy atom. The van der Waals surface area contributed by atoms with Crippen molar-refractivity contribution in [1.82, 2.24) is 40.5 Å². The monoisotopic (exact) mass is 551 g/mol. The molecule has 3 heterocycles. The lowest BCUT2D eigenvalue weighted by Gasteiger charge is -2.20. The van der Waals surface area contributed by atoms with Crippen molar-refractivity contribution in [2.45, 2.75) is 64.4 Å². The molecule has 40 heavy (non-hydrogen) atoms. The molecular formula is C27H37N9O4. The summed E-state index contributed by atoms with van der Waals surface area (Å²) in [4.78, 5) is 47.2. The van der Waals surface area contributed by atoms with Crippen LogP contribution in [0.4, 0.5) is 0 Å². The van der Waals surface area contributed by atoms with Crippen LogP contribution in [0, 0.1) is 0 Å². The molecule has 0 fully saturated rings. The summed E-state index contributed by atoms with van der Waals surface area (Å²) >= 11 is 0. The lowest BCUT2D eigenvalue weighted by molar-refractivity contribution is -0.145. The quantitative estimate of drug-likeness (QED) is 0.169. The molecular weight excluding hydrogens is 514 g/mol. The van der Waals surface area contributed by atoms with Gasteiger partial charge >= 0.3 is 5.97 Å². The Hall–Kier alpha value is -4.23. The zero-order valence-electron chi connectivity index (χ0n) is 22.9. The SMILES string of the molecule is COC(=O)[C@@H](CCCCNC(=O)Cn1cc(CN(Cc2ccccn2)Cc2ccccn2)nn1)NC(=O)[C@@H](C)N. The van der Waals surface area contributed by atoms with Gasteiger partial charge in [-0.1, -0.05) is 17.3 Å². The van der Waals surface area contributed by atoms with Crippen molar-refractivity contribution in [1.29, 1.82) is 0 Å². The van der Waals surface area contributed by atoms with Crippen LogP contribution >= 0.6 is 0 Å². The summed E-state index contributed by atoms with van der Waals surface area (Å²) in [6.45, 7) is 3.71. The van der Waals surface area contributed by atoms with Gasteiger partial charge in [-0.05, 0) is 50.5 Å². The van der Waals surface area contributed by atoms with Crippen molar-refractivity contribution in [2.24, 2.45) is 5.73 Å². The third-order valence-electron chi connectivity index (χ3n) is 5.96. The third kappa shape index (κ3) is 10.5. The molecule has 0 aliphatic rings. The maximum Gasteiger partial charge on any atom is 0.328 e. The molecule has 0 radical (unpaired) electrons. The first-order valence-corrected chi connectivity index (χ1v) is 13.2. The topological polar surface area (TPSA) is 170 Å². The lowest BCUT2D eigenvalue weighted by atomic mass is 10.1. The molecule has 214 valence electrons. The highest BCUT2D eigenvalue weighted by molar-refractivity contribution is 5.87. The van der Waals surface area contributed by atoms with Gasteiger partial charge in [-0.25, -0.2) is 9.48 Å². The fourth-order valence-electron chi connectivity index (χ4n) is 3.93. The van der Waals surface area contributed by atoms with Crippen LogP contribution in [-0.2, 0) is 45.3 Å². The molecule has 0 unspecified atom stereocenters. The highest BCUT2D eigenvalue weighted by Gasteiger charge is 2.22. The molecule has 13 nitrogen and oxygen atoms in total. The van der Waals surface area contributed by atoms with Crippen LogP contribution in [0.3, 0.4) is 0 Å². The van der Waals surface area contributed by atoms with Crippen LogP contribution in [-0.4, -0.2) is 73.4 Å². The second-order valence-corrected chi connectivity index (χ2v) is 9.41. The molecule has 0 aliphatic heterocycles. The minimum atomic E-state index is -0.775. The Bertz CT molecular complexity index is 1160. The predicted molar refractivity (Wildman–Crippen MR) is 146 cm³/mol. The number of nitrogens with one attached hydrogen (secondary N) is 2. The minimum Gasteiger partial charge on any atom is -0.467 e. The molecule has 0 aromatic carbocycles. The van der Waals surface area contributed by atoms with Crippen LogP contribution in [0.15, 0.2) is 55.0 Å². The van der Waals surface area contributed by atoms with E-state index in [1.54, 1.807) is 18.6 Å². The number of ether oxygens (including phenoxy) is 1. The van der Waals surface area contributed by atoms with E-state index in [1.165, 1.54) is 18.7 Å². The number of aromatic nitrogens is 5. The number of nitrogens with zero attached hydrogens (tertiary/aromatic N) is 6. The fraction of sp³-hybridized carbons (Fsp3) is 0.444. The molecule has 0 bridgehead atoms. The van der Waals surface area contributed by atoms with Crippen LogP contribution < -0.4 is 16.4 Å². The molecule has 2 atom stereocenters. The number of amides is 2. The number of hydrogen-bond donors (Lipinski definition) is 3. The summed E-state index contributed by atoms with van der Waals surface area (Å²) in [5.74, 6) is -1.16. The van der Waals surface area contributed by atoms with Gasteiger partial charge in [0.05, 0.1) is 36.4 Å². The maximum absolute atomic E-state index is 12.4. The summed E-state index contributed by atoms with van der Waals surface area (Å²) in [5, 5.41) is 13.8. The van der Waals surface area contributed by atoms with Crippen LogP contribution in [0.2, 0.25) is 0 Å². The van der Waals surface area contributed by atoms with Gasteiger partial charge < -0.3 is 21.1 Å². The molecule has 3 aromatic rings. The van der Waals surface area contributed by atoms with E-state index in [-0.39, 0.29) is 12.5 Å². The zero-order chi connectivity index (χ0) is 28.7. The summed E-state index contributed by atoms with van der Waals surface area (Å²) in [5.41, 5.74) is 8.14. The molecule has 4 N–H and O–H groups in total. The smallest absolute Gasteiger partial charge is 0.328 e. The number of carbonyl (C=O) groups is 3. The van der Waals surface area contributed by atoms with Crippen molar-refractivity contribution in [3.63, 3.8) is 0 Å². The summed E-state index contributed by atoms with van der Waals surface area (Å²) in [7, 11) is 1.27. The zero-order valence-corrected chi connectivity index (χ0v) is 22.9. The Labute approximate surface area is 233 Å². The fourth-order valence-corrected chi connectivity index (χ4v) is 3.93. The van der Waals surface area contributed by atoms with Crippen LogP contribution in [0.5, 0.6) is 0 Å². The molecule has 3 aromatic heterocycles. The average Bonchev–Trinajstić information content (AvgIpc) is 3.38. The van der Waals surface area contributed by atoms with E-state index in [0.717, 1.165) is 17.1 Å². The van der Waals surface area contributed by atoms with E-state index in [1.807, 2.05) is 36.4 Å². The Kier molecular flexibility index (Phi) is 12.1. The number of esters is 1. The molecule has 0 saturated heterocycles. The van der Waals surface area contributed by atoms with Gasteiger partial charge in [-0.3, -0.25) is 24.5 Å².